The third-order valence-electron chi connectivity index (χ3n) is 5.02. The van der Waals surface area contributed by atoms with Crippen LogP contribution in [0.5, 0.6) is 0 Å². The first kappa shape index (κ1) is 20.9. The van der Waals surface area contributed by atoms with Crippen molar-refractivity contribution in [3.63, 3.8) is 0 Å². The maximum absolute atomic E-state index is 12.1. The summed E-state index contributed by atoms with van der Waals surface area (Å²) in [6.45, 7) is 3.12. The summed E-state index contributed by atoms with van der Waals surface area (Å²) in [5, 5.41) is 2.79. The quantitative estimate of drug-likeness (QED) is 0.467. The summed E-state index contributed by atoms with van der Waals surface area (Å²) < 4.78 is 5.50. The van der Waals surface area contributed by atoms with Gasteiger partial charge in [0, 0.05) is 18.9 Å². The highest BCUT2D eigenvalue weighted by molar-refractivity contribution is 5.79. The largest absolute Gasteiger partial charge is 0.449 e. The lowest BCUT2D eigenvalue weighted by Crippen LogP contribution is -2.27. The Balaban J connectivity index is 1.38. The van der Waals surface area contributed by atoms with Crippen molar-refractivity contribution < 1.29 is 19.2 Å². The fourth-order valence-electron chi connectivity index (χ4n) is 3.63. The van der Waals surface area contributed by atoms with Crippen molar-refractivity contribution in [2.24, 2.45) is 0 Å². The molecule has 0 aromatic heterocycles. The van der Waals surface area contributed by atoms with Crippen molar-refractivity contribution in [3.05, 3.63) is 59.7 Å². The molecule has 6 nitrogen and oxygen atoms in total. The van der Waals surface area contributed by atoms with Crippen molar-refractivity contribution in [2.45, 2.75) is 38.5 Å². The molecule has 1 aliphatic carbocycles. The van der Waals surface area contributed by atoms with Gasteiger partial charge in [-0.25, -0.2) is 10.3 Å². The van der Waals surface area contributed by atoms with Gasteiger partial charge in [0.1, 0.15) is 6.61 Å². The molecule has 6 heteroatoms. The van der Waals surface area contributed by atoms with Crippen LogP contribution in [0.3, 0.4) is 0 Å². The van der Waals surface area contributed by atoms with E-state index in [4.69, 9.17) is 9.57 Å². The molecule has 0 aliphatic heterocycles. The maximum atomic E-state index is 12.1. The number of hydrogen-bond donors (Lipinski definition) is 2. The van der Waals surface area contributed by atoms with Gasteiger partial charge in [-0.3, -0.25) is 9.63 Å². The zero-order valence-electron chi connectivity index (χ0n) is 16.8. The number of hydroxylamine groups is 1. The Bertz CT molecular complexity index is 792. The zero-order valence-corrected chi connectivity index (χ0v) is 16.8. The van der Waals surface area contributed by atoms with E-state index in [-0.39, 0.29) is 11.8 Å². The van der Waals surface area contributed by atoms with E-state index in [2.05, 4.69) is 35.1 Å². The number of fused-ring (bicyclic) bond motifs is 3. The molecule has 1 aliphatic rings. The Morgan fingerprint density at radius 3 is 2.24 bits per heavy atom. The Morgan fingerprint density at radius 1 is 0.931 bits per heavy atom. The first-order valence-corrected chi connectivity index (χ1v) is 10.2. The van der Waals surface area contributed by atoms with Crippen molar-refractivity contribution in [1.29, 1.82) is 0 Å². The van der Waals surface area contributed by atoms with Gasteiger partial charge in [0.25, 0.3) is 0 Å². The van der Waals surface area contributed by atoms with Crippen molar-refractivity contribution >= 4 is 12.0 Å². The molecule has 2 aromatic rings. The van der Waals surface area contributed by atoms with Crippen LogP contribution in [0.15, 0.2) is 48.5 Å². The van der Waals surface area contributed by atoms with Gasteiger partial charge in [0.15, 0.2) is 0 Å². The van der Waals surface area contributed by atoms with Crippen molar-refractivity contribution in [2.75, 3.05) is 19.8 Å². The van der Waals surface area contributed by atoms with E-state index in [1.807, 2.05) is 31.2 Å². The standard InChI is InChI=1S/C23H28N2O4/c1-2-29-25-22(26)14-4-3-9-15-24-23(27)28-16-21-19-12-7-5-10-17(19)18-11-6-8-13-20(18)21/h5-8,10-13,21H,2-4,9,14-16H2,1H3,(H,24,27)(H,25,26). The van der Waals surface area contributed by atoms with Gasteiger partial charge in [-0.05, 0) is 42.0 Å². The predicted octanol–water partition coefficient (Wildman–Crippen LogP) is 4.15. The lowest BCUT2D eigenvalue weighted by molar-refractivity contribution is -0.133. The number of alkyl carbamates (subject to hydrolysis) is 1. The summed E-state index contributed by atoms with van der Waals surface area (Å²) in [6, 6.07) is 16.5. The highest BCUT2D eigenvalue weighted by Crippen LogP contribution is 2.44. The maximum Gasteiger partial charge on any atom is 0.407 e. The van der Waals surface area contributed by atoms with Crippen LogP contribution in [-0.4, -0.2) is 31.8 Å². The molecule has 0 saturated carbocycles. The van der Waals surface area contributed by atoms with Crippen LogP contribution in [0.2, 0.25) is 0 Å². The second-order valence-corrected chi connectivity index (χ2v) is 7.02. The van der Waals surface area contributed by atoms with Gasteiger partial charge >= 0.3 is 6.09 Å². The molecule has 154 valence electrons. The summed E-state index contributed by atoms with van der Waals surface area (Å²) in [4.78, 5) is 28.3. The highest BCUT2D eigenvalue weighted by atomic mass is 16.6. The van der Waals surface area contributed by atoms with E-state index in [9.17, 15) is 9.59 Å². The van der Waals surface area contributed by atoms with E-state index in [1.165, 1.54) is 22.3 Å². The molecule has 29 heavy (non-hydrogen) atoms. The van der Waals surface area contributed by atoms with Crippen LogP contribution in [-0.2, 0) is 14.4 Å². The van der Waals surface area contributed by atoms with Crippen LogP contribution >= 0.6 is 0 Å². The van der Waals surface area contributed by atoms with Crippen LogP contribution < -0.4 is 10.8 Å². The Labute approximate surface area is 171 Å². The number of benzene rings is 2. The zero-order chi connectivity index (χ0) is 20.5. The number of nitrogens with one attached hydrogen (secondary N) is 2. The van der Waals surface area contributed by atoms with E-state index in [0.29, 0.717) is 26.2 Å². The third-order valence-corrected chi connectivity index (χ3v) is 5.02. The number of hydrogen-bond acceptors (Lipinski definition) is 4. The fraction of sp³-hybridized carbons (Fsp3) is 0.391. The number of carbonyl (C=O) groups is 2. The molecule has 0 unspecified atom stereocenters. The summed E-state index contributed by atoms with van der Waals surface area (Å²) in [5.41, 5.74) is 7.20. The third kappa shape index (κ3) is 5.57. The van der Waals surface area contributed by atoms with E-state index < -0.39 is 6.09 Å². The first-order valence-electron chi connectivity index (χ1n) is 10.2. The molecule has 3 rings (SSSR count). The predicted molar refractivity (Wildman–Crippen MR) is 111 cm³/mol. The van der Waals surface area contributed by atoms with Gasteiger partial charge < -0.3 is 10.1 Å². The summed E-state index contributed by atoms with van der Waals surface area (Å²) in [5.74, 6) is -0.0478. The molecule has 2 aromatic carbocycles. The second kappa shape index (κ2) is 10.6. The second-order valence-electron chi connectivity index (χ2n) is 7.02. The topological polar surface area (TPSA) is 76.7 Å². The first-order chi connectivity index (χ1) is 14.2. The summed E-state index contributed by atoms with van der Waals surface area (Å²) >= 11 is 0. The SMILES string of the molecule is CCONC(=O)CCCCCNC(=O)OCC1c2ccccc2-c2ccccc21. The number of amides is 2. The normalized spacial score (nSPS) is 12.2. The van der Waals surface area contributed by atoms with Crippen LogP contribution in [0.4, 0.5) is 4.79 Å². The molecule has 0 bridgehead atoms. The molecule has 0 radical (unpaired) electrons. The van der Waals surface area contributed by atoms with E-state index >= 15 is 0 Å². The average molecular weight is 396 g/mol. The molecule has 0 saturated heterocycles. The molecule has 0 fully saturated rings. The van der Waals surface area contributed by atoms with Gasteiger partial charge in [0.05, 0.1) is 6.61 Å². The molecule has 0 heterocycles. The van der Waals surface area contributed by atoms with Gasteiger partial charge in [0.2, 0.25) is 5.91 Å². The molecule has 2 N–H and O–H groups in total. The Morgan fingerprint density at radius 2 is 1.59 bits per heavy atom. The highest BCUT2D eigenvalue weighted by Gasteiger charge is 2.28. The van der Waals surface area contributed by atoms with Crippen molar-refractivity contribution in [3.8, 4) is 11.1 Å². The Hall–Kier alpha value is -2.86. The number of ether oxygens (including phenoxy) is 1. The molecule has 2 amide bonds. The molecule has 0 atom stereocenters. The summed E-state index contributed by atoms with van der Waals surface area (Å²) in [7, 11) is 0. The molecule has 0 spiro atoms. The summed E-state index contributed by atoms with van der Waals surface area (Å²) in [6.07, 6.45) is 2.42. The van der Waals surface area contributed by atoms with Gasteiger partial charge in [-0.1, -0.05) is 55.0 Å². The van der Waals surface area contributed by atoms with Gasteiger partial charge in [-0.15, -0.1) is 0 Å². The Kier molecular flexibility index (Phi) is 7.64. The number of rotatable bonds is 10. The van der Waals surface area contributed by atoms with E-state index in [1.54, 1.807) is 0 Å². The smallest absolute Gasteiger partial charge is 0.407 e. The van der Waals surface area contributed by atoms with E-state index in [0.717, 1.165) is 19.3 Å². The van der Waals surface area contributed by atoms with Crippen LogP contribution in [0.1, 0.15) is 49.7 Å². The number of carbonyl (C=O) groups excluding carboxylic acids is 2. The molecular weight excluding hydrogens is 368 g/mol. The van der Waals surface area contributed by atoms with Gasteiger partial charge in [-0.2, -0.15) is 0 Å². The lowest BCUT2D eigenvalue weighted by atomic mass is 9.98. The average Bonchev–Trinajstić information content (AvgIpc) is 3.07. The molecular formula is C23H28N2O4. The monoisotopic (exact) mass is 396 g/mol. The minimum atomic E-state index is -0.402. The minimum Gasteiger partial charge on any atom is -0.449 e. The lowest BCUT2D eigenvalue weighted by Gasteiger charge is -2.14. The number of unbranched alkanes of at least 4 members (excludes halogenated alkanes) is 2. The van der Waals surface area contributed by atoms with Crippen LogP contribution in [0, 0.1) is 0 Å². The van der Waals surface area contributed by atoms with Crippen LogP contribution in [0.25, 0.3) is 11.1 Å². The fourth-order valence-corrected chi connectivity index (χ4v) is 3.63. The minimum absolute atomic E-state index is 0.0667. The van der Waals surface area contributed by atoms with Crippen molar-refractivity contribution in [1.82, 2.24) is 10.8 Å².